The maximum absolute atomic E-state index is 3.31. The van der Waals surface area contributed by atoms with Gasteiger partial charge in [-0.3, -0.25) is 0 Å². The van der Waals surface area contributed by atoms with E-state index in [1.807, 2.05) is 0 Å². The van der Waals surface area contributed by atoms with E-state index in [0.29, 0.717) is 0 Å². The van der Waals surface area contributed by atoms with Crippen molar-refractivity contribution in [3.05, 3.63) is 48.6 Å². The highest BCUT2D eigenvalue weighted by atomic mass is 15.1. The predicted octanol–water partition coefficient (Wildman–Crippen LogP) is 13.7. The Morgan fingerprint density at radius 3 is 1.22 bits per heavy atom. The maximum Gasteiger partial charge on any atom is 0.00922 e. The van der Waals surface area contributed by atoms with Crippen molar-refractivity contribution in [1.82, 2.24) is 10.2 Å². The Labute approximate surface area is 285 Å². The molecular weight excluding hydrogens is 544 g/mol. The van der Waals surface area contributed by atoms with E-state index in [-0.39, 0.29) is 0 Å². The summed E-state index contributed by atoms with van der Waals surface area (Å²) in [5.74, 6) is 0. The molecule has 2 nitrogen and oxygen atoms in total. The van der Waals surface area contributed by atoms with Crippen LogP contribution in [0.1, 0.15) is 194 Å². The molecule has 0 saturated carbocycles. The van der Waals surface area contributed by atoms with Crippen LogP contribution in [-0.4, -0.2) is 38.1 Å². The Hall–Kier alpha value is -1.12. The Balaban J connectivity index is 3.95. The molecule has 0 radical (unpaired) electrons. The molecule has 45 heavy (non-hydrogen) atoms. The van der Waals surface area contributed by atoms with Gasteiger partial charge in [0.15, 0.2) is 0 Å². The van der Waals surface area contributed by atoms with E-state index in [2.05, 4.69) is 86.8 Å². The van der Waals surface area contributed by atoms with E-state index in [4.69, 9.17) is 0 Å². The molecule has 0 aromatic heterocycles. The number of allylic oxidation sites excluding steroid dienone is 8. The number of hydrogen-bond acceptors (Lipinski definition) is 2. The topological polar surface area (TPSA) is 15.3 Å². The second-order valence-corrected chi connectivity index (χ2v) is 13.7. The number of nitrogens with one attached hydrogen (secondary N) is 1. The van der Waals surface area contributed by atoms with Gasteiger partial charge >= 0.3 is 0 Å². The van der Waals surface area contributed by atoms with E-state index in [1.165, 1.54) is 173 Å². The molecule has 2 heteroatoms. The average molecular weight is 627 g/mol. The first kappa shape index (κ1) is 43.9. The SMILES string of the molecule is CCCCC/C=C\C/C=C\CCCCCCCCC(CCCCCCCC/C=C\C/C=C\CCCCC)N(C)CCCCNC. The first-order chi connectivity index (χ1) is 22.3. The van der Waals surface area contributed by atoms with Crippen LogP contribution >= 0.6 is 0 Å². The fourth-order valence-corrected chi connectivity index (χ4v) is 6.17. The van der Waals surface area contributed by atoms with Gasteiger partial charge in [0.25, 0.3) is 0 Å². The molecule has 0 bridgehead atoms. The van der Waals surface area contributed by atoms with Crippen molar-refractivity contribution in [3.8, 4) is 0 Å². The third-order valence-corrected chi connectivity index (χ3v) is 9.29. The Bertz CT molecular complexity index is 613. The van der Waals surface area contributed by atoms with Gasteiger partial charge in [0, 0.05) is 6.04 Å². The minimum atomic E-state index is 0.788. The standard InChI is InChI=1S/C43H82N2/c1-5-7-9-11-13-15-17-19-21-23-25-27-29-31-33-35-39-43(45(4)42-38-37-41-44-3)40-36-34-32-30-28-26-24-22-20-18-16-14-12-10-8-6-2/h13-16,19-22,43-44H,5-12,17-18,23-42H2,1-4H3/b15-13-,16-14-,21-19-,22-20-. The van der Waals surface area contributed by atoms with Crippen molar-refractivity contribution >= 4 is 0 Å². The second-order valence-electron chi connectivity index (χ2n) is 13.7. The lowest BCUT2D eigenvalue weighted by Gasteiger charge is -2.28. The fourth-order valence-electron chi connectivity index (χ4n) is 6.17. The second kappa shape index (κ2) is 39.1. The summed E-state index contributed by atoms with van der Waals surface area (Å²) in [6.45, 7) is 6.96. The summed E-state index contributed by atoms with van der Waals surface area (Å²) in [4.78, 5) is 2.70. The molecule has 0 aromatic rings. The van der Waals surface area contributed by atoms with Gasteiger partial charge in [0.2, 0.25) is 0 Å². The van der Waals surface area contributed by atoms with Crippen LogP contribution in [0.25, 0.3) is 0 Å². The van der Waals surface area contributed by atoms with Gasteiger partial charge in [0.1, 0.15) is 0 Å². The van der Waals surface area contributed by atoms with Crippen LogP contribution in [0.5, 0.6) is 0 Å². The largest absolute Gasteiger partial charge is 0.320 e. The van der Waals surface area contributed by atoms with Crippen molar-refractivity contribution in [2.45, 2.75) is 200 Å². The average Bonchev–Trinajstić information content (AvgIpc) is 3.05. The number of nitrogens with zero attached hydrogens (tertiary/aromatic N) is 1. The summed E-state index contributed by atoms with van der Waals surface area (Å²) in [5.41, 5.74) is 0. The van der Waals surface area contributed by atoms with Gasteiger partial charge in [-0.1, -0.05) is 152 Å². The van der Waals surface area contributed by atoms with E-state index in [0.717, 1.165) is 25.4 Å². The Morgan fingerprint density at radius 1 is 0.444 bits per heavy atom. The molecule has 0 aromatic carbocycles. The highest BCUT2D eigenvalue weighted by Gasteiger charge is 2.14. The summed E-state index contributed by atoms with van der Waals surface area (Å²) >= 11 is 0. The van der Waals surface area contributed by atoms with Crippen LogP contribution in [0.2, 0.25) is 0 Å². The van der Waals surface area contributed by atoms with Crippen molar-refractivity contribution in [2.24, 2.45) is 0 Å². The fraction of sp³-hybridized carbons (Fsp3) is 0.814. The maximum atomic E-state index is 3.31. The molecule has 0 heterocycles. The van der Waals surface area contributed by atoms with E-state index in [9.17, 15) is 0 Å². The summed E-state index contributed by atoms with van der Waals surface area (Å²) in [6.07, 6.45) is 56.6. The minimum Gasteiger partial charge on any atom is -0.320 e. The van der Waals surface area contributed by atoms with Crippen LogP contribution < -0.4 is 5.32 Å². The van der Waals surface area contributed by atoms with Crippen molar-refractivity contribution in [1.29, 1.82) is 0 Å². The molecule has 0 aliphatic rings. The lowest BCUT2D eigenvalue weighted by atomic mass is 9.98. The monoisotopic (exact) mass is 627 g/mol. The van der Waals surface area contributed by atoms with Gasteiger partial charge < -0.3 is 10.2 Å². The van der Waals surface area contributed by atoms with Gasteiger partial charge in [-0.25, -0.2) is 0 Å². The molecule has 0 aliphatic heterocycles. The van der Waals surface area contributed by atoms with Gasteiger partial charge in [-0.2, -0.15) is 0 Å². The molecule has 0 atom stereocenters. The van der Waals surface area contributed by atoms with E-state index in [1.54, 1.807) is 0 Å². The third kappa shape index (κ3) is 35.6. The van der Waals surface area contributed by atoms with E-state index >= 15 is 0 Å². The molecule has 0 unspecified atom stereocenters. The summed E-state index contributed by atoms with van der Waals surface area (Å²) in [7, 11) is 4.47. The quantitative estimate of drug-likeness (QED) is 0.0550. The van der Waals surface area contributed by atoms with Crippen LogP contribution in [0.15, 0.2) is 48.6 Å². The van der Waals surface area contributed by atoms with Crippen LogP contribution in [0, 0.1) is 0 Å². The summed E-state index contributed by atoms with van der Waals surface area (Å²) in [6, 6.07) is 0.788. The molecular formula is C43H82N2. The lowest BCUT2D eigenvalue weighted by Crippen LogP contribution is -2.33. The third-order valence-electron chi connectivity index (χ3n) is 9.29. The van der Waals surface area contributed by atoms with Crippen molar-refractivity contribution < 1.29 is 0 Å². The molecule has 0 aliphatic carbocycles. The molecule has 264 valence electrons. The Kier molecular flexibility index (Phi) is 38.1. The van der Waals surface area contributed by atoms with Crippen LogP contribution in [0.3, 0.4) is 0 Å². The summed E-state index contributed by atoms with van der Waals surface area (Å²) in [5, 5.41) is 3.31. The first-order valence-corrected chi connectivity index (χ1v) is 20.2. The lowest BCUT2D eigenvalue weighted by molar-refractivity contribution is 0.206. The molecule has 1 N–H and O–H groups in total. The first-order valence-electron chi connectivity index (χ1n) is 20.2. The van der Waals surface area contributed by atoms with Crippen molar-refractivity contribution in [3.63, 3.8) is 0 Å². The van der Waals surface area contributed by atoms with Crippen molar-refractivity contribution in [2.75, 3.05) is 27.2 Å². The zero-order valence-corrected chi connectivity index (χ0v) is 31.4. The smallest absolute Gasteiger partial charge is 0.00922 e. The zero-order valence-electron chi connectivity index (χ0n) is 31.4. The van der Waals surface area contributed by atoms with Gasteiger partial charge in [-0.05, 0) is 117 Å². The molecule has 0 amide bonds. The highest BCUT2D eigenvalue weighted by Crippen LogP contribution is 2.19. The summed E-state index contributed by atoms with van der Waals surface area (Å²) < 4.78 is 0. The number of rotatable bonds is 36. The minimum absolute atomic E-state index is 0.788. The van der Waals surface area contributed by atoms with Gasteiger partial charge in [-0.15, -0.1) is 0 Å². The molecule has 0 spiro atoms. The van der Waals surface area contributed by atoms with Crippen LogP contribution in [0.4, 0.5) is 0 Å². The Morgan fingerprint density at radius 2 is 0.822 bits per heavy atom. The molecule has 0 saturated heterocycles. The van der Waals surface area contributed by atoms with Crippen LogP contribution in [-0.2, 0) is 0 Å². The molecule has 0 fully saturated rings. The normalized spacial score (nSPS) is 12.6. The van der Waals surface area contributed by atoms with Gasteiger partial charge in [0.05, 0.1) is 0 Å². The zero-order chi connectivity index (χ0) is 32.7. The highest BCUT2D eigenvalue weighted by molar-refractivity contribution is 4.93. The molecule has 0 rings (SSSR count). The number of unbranched alkanes of at least 4 members (excludes halogenated alkanes) is 19. The van der Waals surface area contributed by atoms with E-state index < -0.39 is 0 Å². The predicted molar refractivity (Wildman–Crippen MR) is 208 cm³/mol. The number of hydrogen-bond donors (Lipinski definition) is 1.